The van der Waals surface area contributed by atoms with Crippen LogP contribution >= 0.6 is 0 Å². The van der Waals surface area contributed by atoms with E-state index in [0.717, 1.165) is 12.0 Å². The van der Waals surface area contributed by atoms with E-state index in [1.54, 1.807) is 0 Å². The molecule has 2 fully saturated rings. The summed E-state index contributed by atoms with van der Waals surface area (Å²) in [5, 5.41) is 3.67. The van der Waals surface area contributed by atoms with Crippen LogP contribution in [0.15, 0.2) is 0 Å². The quantitative estimate of drug-likeness (QED) is 0.713. The van der Waals surface area contributed by atoms with Gasteiger partial charge in [0, 0.05) is 12.6 Å². The zero-order valence-corrected chi connectivity index (χ0v) is 13.0. The second kappa shape index (κ2) is 8.23. The topological polar surface area (TPSA) is 18.5 Å². The van der Waals surface area contributed by atoms with E-state index in [1.165, 1.54) is 77.8 Å². The zero-order chi connectivity index (χ0) is 13.5. The molecule has 2 atom stereocenters. The van der Waals surface area contributed by atoms with E-state index >= 15 is 0 Å². The SMILES string of the molecule is CC(CNCCC1CCCCN1C)CN1CCCC1. The molecular formula is C16H33N3. The molecular weight excluding hydrogens is 234 g/mol. The van der Waals surface area contributed by atoms with Crippen LogP contribution in [-0.2, 0) is 0 Å². The van der Waals surface area contributed by atoms with E-state index in [0.29, 0.717) is 0 Å². The Hall–Kier alpha value is -0.120. The Bertz CT molecular complexity index is 238. The van der Waals surface area contributed by atoms with Gasteiger partial charge in [0.25, 0.3) is 0 Å². The molecule has 2 rings (SSSR count). The van der Waals surface area contributed by atoms with Gasteiger partial charge in [-0.25, -0.2) is 0 Å². The Morgan fingerprint density at radius 3 is 2.58 bits per heavy atom. The summed E-state index contributed by atoms with van der Waals surface area (Å²) in [6.07, 6.45) is 8.38. The molecule has 2 aliphatic rings. The van der Waals surface area contributed by atoms with Gasteiger partial charge < -0.3 is 15.1 Å². The first kappa shape index (κ1) is 15.3. The largest absolute Gasteiger partial charge is 0.316 e. The van der Waals surface area contributed by atoms with Crippen molar-refractivity contribution < 1.29 is 0 Å². The van der Waals surface area contributed by atoms with E-state index in [4.69, 9.17) is 0 Å². The molecule has 2 saturated heterocycles. The Morgan fingerprint density at radius 2 is 1.84 bits per heavy atom. The third-order valence-corrected chi connectivity index (χ3v) is 4.84. The minimum atomic E-state index is 0.794. The number of rotatable bonds is 7. The van der Waals surface area contributed by atoms with E-state index in [-0.39, 0.29) is 0 Å². The molecule has 0 radical (unpaired) electrons. The fraction of sp³-hybridized carbons (Fsp3) is 1.00. The molecule has 2 heterocycles. The van der Waals surface area contributed by atoms with Gasteiger partial charge in [-0.3, -0.25) is 0 Å². The zero-order valence-electron chi connectivity index (χ0n) is 13.0. The summed E-state index contributed by atoms with van der Waals surface area (Å²) in [4.78, 5) is 5.18. The van der Waals surface area contributed by atoms with Crippen LogP contribution in [0.4, 0.5) is 0 Å². The molecule has 2 unspecified atom stereocenters. The van der Waals surface area contributed by atoms with E-state index in [2.05, 4.69) is 29.1 Å². The van der Waals surface area contributed by atoms with Gasteiger partial charge in [-0.1, -0.05) is 13.3 Å². The van der Waals surface area contributed by atoms with Crippen molar-refractivity contribution in [2.75, 3.05) is 46.3 Å². The van der Waals surface area contributed by atoms with E-state index in [1.807, 2.05) is 0 Å². The lowest BCUT2D eigenvalue weighted by molar-refractivity contribution is 0.174. The van der Waals surface area contributed by atoms with E-state index < -0.39 is 0 Å². The molecule has 0 aromatic carbocycles. The number of nitrogens with zero attached hydrogens (tertiary/aromatic N) is 2. The molecule has 0 saturated carbocycles. The lowest BCUT2D eigenvalue weighted by atomic mass is 10.00. The van der Waals surface area contributed by atoms with Gasteiger partial charge in [-0.05, 0) is 77.8 Å². The van der Waals surface area contributed by atoms with Crippen molar-refractivity contribution in [1.82, 2.24) is 15.1 Å². The molecule has 0 bridgehead atoms. The van der Waals surface area contributed by atoms with Crippen molar-refractivity contribution in [3.8, 4) is 0 Å². The van der Waals surface area contributed by atoms with Crippen molar-refractivity contribution in [2.45, 2.75) is 51.5 Å². The first-order valence-corrected chi connectivity index (χ1v) is 8.39. The van der Waals surface area contributed by atoms with Gasteiger partial charge in [0.2, 0.25) is 0 Å². The van der Waals surface area contributed by atoms with Crippen LogP contribution < -0.4 is 5.32 Å². The Balaban J connectivity index is 1.50. The van der Waals surface area contributed by atoms with Crippen LogP contribution in [0.2, 0.25) is 0 Å². The first-order chi connectivity index (χ1) is 9.25. The summed E-state index contributed by atoms with van der Waals surface area (Å²) < 4.78 is 0. The predicted octanol–water partition coefficient (Wildman–Crippen LogP) is 2.18. The third-order valence-electron chi connectivity index (χ3n) is 4.84. The molecule has 1 N–H and O–H groups in total. The summed E-state index contributed by atoms with van der Waals surface area (Å²) in [5.41, 5.74) is 0. The maximum Gasteiger partial charge on any atom is 0.0104 e. The second-order valence-corrected chi connectivity index (χ2v) is 6.74. The average molecular weight is 267 g/mol. The van der Waals surface area contributed by atoms with Crippen LogP contribution in [0.25, 0.3) is 0 Å². The highest BCUT2D eigenvalue weighted by Gasteiger charge is 2.18. The van der Waals surface area contributed by atoms with Crippen molar-refractivity contribution >= 4 is 0 Å². The minimum absolute atomic E-state index is 0.794. The number of hydrogen-bond donors (Lipinski definition) is 1. The van der Waals surface area contributed by atoms with Crippen molar-refractivity contribution in [2.24, 2.45) is 5.92 Å². The van der Waals surface area contributed by atoms with E-state index in [9.17, 15) is 0 Å². The number of hydrogen-bond acceptors (Lipinski definition) is 3. The fourth-order valence-corrected chi connectivity index (χ4v) is 3.60. The average Bonchev–Trinajstić information content (AvgIpc) is 2.89. The predicted molar refractivity (Wildman–Crippen MR) is 82.6 cm³/mol. The Kier molecular flexibility index (Phi) is 6.62. The summed E-state index contributed by atoms with van der Waals surface area (Å²) >= 11 is 0. The van der Waals surface area contributed by atoms with Crippen molar-refractivity contribution in [3.05, 3.63) is 0 Å². The van der Waals surface area contributed by atoms with Crippen LogP contribution in [0, 0.1) is 5.92 Å². The fourth-order valence-electron chi connectivity index (χ4n) is 3.60. The van der Waals surface area contributed by atoms with Gasteiger partial charge in [0.1, 0.15) is 0 Å². The Labute approximate surface area is 119 Å². The summed E-state index contributed by atoms with van der Waals surface area (Å²) in [5.74, 6) is 0.794. The van der Waals surface area contributed by atoms with Crippen molar-refractivity contribution in [3.63, 3.8) is 0 Å². The molecule has 0 spiro atoms. The van der Waals surface area contributed by atoms with Gasteiger partial charge >= 0.3 is 0 Å². The first-order valence-electron chi connectivity index (χ1n) is 8.39. The molecule has 0 amide bonds. The highest BCUT2D eigenvalue weighted by Crippen LogP contribution is 2.17. The molecule has 3 nitrogen and oxygen atoms in total. The number of piperidine rings is 1. The van der Waals surface area contributed by atoms with Crippen LogP contribution in [-0.4, -0.2) is 62.2 Å². The van der Waals surface area contributed by atoms with Gasteiger partial charge in [0.15, 0.2) is 0 Å². The molecule has 3 heteroatoms. The highest BCUT2D eigenvalue weighted by atomic mass is 15.1. The smallest absolute Gasteiger partial charge is 0.0104 e. The lowest BCUT2D eigenvalue weighted by Gasteiger charge is -2.32. The summed E-state index contributed by atoms with van der Waals surface area (Å²) in [6, 6.07) is 0.829. The monoisotopic (exact) mass is 267 g/mol. The van der Waals surface area contributed by atoms with Crippen molar-refractivity contribution in [1.29, 1.82) is 0 Å². The number of likely N-dealkylation sites (tertiary alicyclic amines) is 2. The van der Waals surface area contributed by atoms with Gasteiger partial charge in [0.05, 0.1) is 0 Å². The molecule has 0 aliphatic carbocycles. The van der Waals surface area contributed by atoms with Crippen LogP contribution in [0.5, 0.6) is 0 Å². The van der Waals surface area contributed by atoms with Gasteiger partial charge in [-0.15, -0.1) is 0 Å². The van der Waals surface area contributed by atoms with Crippen LogP contribution in [0.1, 0.15) is 45.4 Å². The molecule has 19 heavy (non-hydrogen) atoms. The maximum absolute atomic E-state index is 3.67. The number of nitrogens with one attached hydrogen (secondary N) is 1. The summed E-state index contributed by atoms with van der Waals surface area (Å²) in [6.45, 7) is 10.0. The standard InChI is InChI=1S/C16H33N3/c1-15(14-19-11-5-6-12-19)13-17-9-8-16-7-3-4-10-18(16)2/h15-17H,3-14H2,1-2H3. The molecule has 2 aliphatic heterocycles. The highest BCUT2D eigenvalue weighted by molar-refractivity contribution is 4.75. The minimum Gasteiger partial charge on any atom is -0.316 e. The normalized spacial score (nSPS) is 27.8. The molecule has 0 aromatic rings. The third kappa shape index (κ3) is 5.41. The van der Waals surface area contributed by atoms with Gasteiger partial charge in [-0.2, -0.15) is 0 Å². The lowest BCUT2D eigenvalue weighted by Crippen LogP contribution is -2.39. The maximum atomic E-state index is 3.67. The second-order valence-electron chi connectivity index (χ2n) is 6.74. The molecule has 112 valence electrons. The van der Waals surface area contributed by atoms with Crippen LogP contribution in [0.3, 0.4) is 0 Å². The Morgan fingerprint density at radius 1 is 1.11 bits per heavy atom. The summed E-state index contributed by atoms with van der Waals surface area (Å²) in [7, 11) is 2.29. The molecule has 0 aromatic heterocycles.